The number of nitrogens with two attached hydrogens (primary N) is 2. The van der Waals surface area contributed by atoms with Gasteiger partial charge in [0, 0.05) is 23.9 Å². The van der Waals surface area contributed by atoms with Crippen LogP contribution < -0.4 is 11.5 Å². The van der Waals surface area contributed by atoms with E-state index >= 15 is 0 Å². The van der Waals surface area contributed by atoms with Crippen LogP contribution in [0.1, 0.15) is 40.3 Å². The van der Waals surface area contributed by atoms with Gasteiger partial charge in [-0.1, -0.05) is 19.6 Å². The Labute approximate surface area is 122 Å². The Balaban J connectivity index is 0.00000161. The second-order valence-corrected chi connectivity index (χ2v) is 4.89. The van der Waals surface area contributed by atoms with E-state index in [1.807, 2.05) is 23.6 Å². The van der Waals surface area contributed by atoms with Crippen molar-refractivity contribution in [2.45, 2.75) is 27.3 Å². The SMILES string of the molecule is C.Cc1ccc2cc(C(=O)N=C(N)N)n3c2c1C(=O)CC3. The van der Waals surface area contributed by atoms with Crippen LogP contribution in [0.2, 0.25) is 0 Å². The minimum Gasteiger partial charge on any atom is -0.370 e. The van der Waals surface area contributed by atoms with Crippen molar-refractivity contribution < 1.29 is 9.59 Å². The first kappa shape index (κ1) is 14.8. The number of carbonyl (C=O) groups is 2. The van der Waals surface area contributed by atoms with Gasteiger partial charge in [0.05, 0.1) is 5.52 Å². The van der Waals surface area contributed by atoms with Gasteiger partial charge in [-0.2, -0.15) is 4.99 Å². The van der Waals surface area contributed by atoms with Crippen molar-refractivity contribution in [1.82, 2.24) is 4.57 Å². The summed E-state index contributed by atoms with van der Waals surface area (Å²) in [4.78, 5) is 27.7. The minimum atomic E-state index is -0.487. The molecule has 6 heteroatoms. The fourth-order valence-electron chi connectivity index (χ4n) is 2.74. The summed E-state index contributed by atoms with van der Waals surface area (Å²) in [6.07, 6.45) is 0.379. The first-order chi connectivity index (χ1) is 9.49. The molecule has 110 valence electrons. The third-order valence-corrected chi connectivity index (χ3v) is 3.56. The highest BCUT2D eigenvalue weighted by atomic mass is 16.1. The molecule has 21 heavy (non-hydrogen) atoms. The third-order valence-electron chi connectivity index (χ3n) is 3.56. The van der Waals surface area contributed by atoms with E-state index in [-0.39, 0.29) is 19.2 Å². The number of benzene rings is 1. The number of ketones is 1. The van der Waals surface area contributed by atoms with Gasteiger partial charge < -0.3 is 16.0 Å². The van der Waals surface area contributed by atoms with Gasteiger partial charge in [-0.15, -0.1) is 0 Å². The minimum absolute atomic E-state index is 0. The topological polar surface area (TPSA) is 103 Å². The van der Waals surface area contributed by atoms with E-state index in [0.29, 0.717) is 24.2 Å². The van der Waals surface area contributed by atoms with E-state index in [4.69, 9.17) is 11.5 Å². The molecule has 4 N–H and O–H groups in total. The maximum Gasteiger partial charge on any atom is 0.296 e. The summed E-state index contributed by atoms with van der Waals surface area (Å²) in [5, 5.41) is 0.854. The lowest BCUT2D eigenvalue weighted by Gasteiger charge is -2.17. The highest BCUT2D eigenvalue weighted by molar-refractivity contribution is 6.12. The molecule has 0 bridgehead atoms. The highest BCUT2D eigenvalue weighted by Gasteiger charge is 2.25. The normalized spacial score (nSPS) is 12.9. The molecule has 0 fully saturated rings. The molecule has 2 heterocycles. The fraction of sp³-hybridized carbons (Fsp3) is 0.267. The summed E-state index contributed by atoms with van der Waals surface area (Å²) in [7, 11) is 0. The maximum absolute atomic E-state index is 12.1. The molecular weight excluding hydrogens is 268 g/mol. The zero-order valence-corrected chi connectivity index (χ0v) is 11.0. The van der Waals surface area contributed by atoms with E-state index < -0.39 is 5.91 Å². The summed E-state index contributed by atoms with van der Waals surface area (Å²) in [6, 6.07) is 5.52. The predicted molar refractivity (Wildman–Crippen MR) is 82.5 cm³/mol. The summed E-state index contributed by atoms with van der Waals surface area (Å²) < 4.78 is 1.83. The van der Waals surface area contributed by atoms with E-state index in [2.05, 4.69) is 4.99 Å². The molecule has 0 unspecified atom stereocenters. The second kappa shape index (κ2) is 5.05. The first-order valence-corrected chi connectivity index (χ1v) is 6.29. The number of guanidine groups is 1. The van der Waals surface area contributed by atoms with Gasteiger partial charge in [-0.25, -0.2) is 0 Å². The van der Waals surface area contributed by atoms with Gasteiger partial charge in [-0.3, -0.25) is 9.59 Å². The van der Waals surface area contributed by atoms with Crippen molar-refractivity contribution >= 4 is 28.6 Å². The summed E-state index contributed by atoms with van der Waals surface area (Å²) in [5.74, 6) is -0.643. The molecule has 2 aromatic rings. The molecule has 1 aromatic heterocycles. The number of aryl methyl sites for hydroxylation is 2. The smallest absolute Gasteiger partial charge is 0.296 e. The molecule has 0 spiro atoms. The summed E-state index contributed by atoms with van der Waals surface area (Å²) >= 11 is 0. The molecule has 0 saturated heterocycles. The van der Waals surface area contributed by atoms with Crippen molar-refractivity contribution in [3.63, 3.8) is 0 Å². The average molecular weight is 286 g/mol. The summed E-state index contributed by atoms with van der Waals surface area (Å²) in [5.41, 5.74) is 13.3. The van der Waals surface area contributed by atoms with Gasteiger partial charge in [-0.05, 0) is 18.6 Å². The number of aliphatic imine (C=N–C) groups is 1. The lowest BCUT2D eigenvalue weighted by molar-refractivity contribution is 0.0957. The maximum atomic E-state index is 12.1. The second-order valence-electron chi connectivity index (χ2n) is 4.89. The lowest BCUT2D eigenvalue weighted by atomic mass is 9.97. The largest absolute Gasteiger partial charge is 0.370 e. The molecule has 1 amide bonds. The van der Waals surface area contributed by atoms with Crippen LogP contribution >= 0.6 is 0 Å². The number of aromatic nitrogens is 1. The molecule has 1 aliphatic rings. The number of Topliss-reactive ketones (excluding diaryl/α,β-unsaturated/α-hetero) is 1. The molecular formula is C15H18N4O2. The Bertz CT molecular complexity index is 783. The zero-order valence-electron chi connectivity index (χ0n) is 11.0. The van der Waals surface area contributed by atoms with Crippen LogP contribution in [-0.2, 0) is 6.54 Å². The molecule has 3 rings (SSSR count). The van der Waals surface area contributed by atoms with Crippen molar-refractivity contribution in [2.75, 3.05) is 0 Å². The number of nitrogens with zero attached hydrogens (tertiary/aromatic N) is 2. The molecule has 0 aliphatic carbocycles. The third kappa shape index (κ3) is 2.18. The Morgan fingerprint density at radius 2 is 2.05 bits per heavy atom. The van der Waals surface area contributed by atoms with Gasteiger partial charge >= 0.3 is 0 Å². The van der Waals surface area contributed by atoms with Crippen LogP contribution in [0.5, 0.6) is 0 Å². The Morgan fingerprint density at radius 1 is 1.33 bits per heavy atom. The van der Waals surface area contributed by atoms with E-state index in [9.17, 15) is 9.59 Å². The van der Waals surface area contributed by atoms with Gasteiger partial charge in [0.2, 0.25) is 0 Å². The fourth-order valence-corrected chi connectivity index (χ4v) is 2.74. The number of carbonyl (C=O) groups excluding carboxylic acids is 2. The Morgan fingerprint density at radius 3 is 2.71 bits per heavy atom. The molecule has 1 aliphatic heterocycles. The van der Waals surface area contributed by atoms with Gasteiger partial charge in [0.1, 0.15) is 5.69 Å². The molecule has 6 nitrogen and oxygen atoms in total. The average Bonchev–Trinajstić information content (AvgIpc) is 2.74. The van der Waals surface area contributed by atoms with Crippen molar-refractivity contribution in [2.24, 2.45) is 16.5 Å². The Hall–Kier alpha value is -2.63. The lowest BCUT2D eigenvalue weighted by Crippen LogP contribution is -2.25. The quantitative estimate of drug-likeness (QED) is 0.613. The van der Waals surface area contributed by atoms with Crippen molar-refractivity contribution in [1.29, 1.82) is 0 Å². The van der Waals surface area contributed by atoms with Crippen molar-refractivity contribution in [3.05, 3.63) is 35.0 Å². The molecule has 0 atom stereocenters. The monoisotopic (exact) mass is 286 g/mol. The van der Waals surface area contributed by atoms with Crippen LogP contribution in [0.15, 0.2) is 23.2 Å². The van der Waals surface area contributed by atoms with Crippen LogP contribution in [0.3, 0.4) is 0 Å². The highest BCUT2D eigenvalue weighted by Crippen LogP contribution is 2.31. The van der Waals surface area contributed by atoms with Crippen LogP contribution in [0.25, 0.3) is 10.9 Å². The first-order valence-electron chi connectivity index (χ1n) is 6.29. The number of amides is 1. The van der Waals surface area contributed by atoms with Gasteiger partial charge in [0.15, 0.2) is 11.7 Å². The van der Waals surface area contributed by atoms with Crippen molar-refractivity contribution in [3.8, 4) is 0 Å². The van der Waals surface area contributed by atoms with E-state index in [0.717, 1.165) is 16.5 Å². The van der Waals surface area contributed by atoms with Crippen LogP contribution in [-0.4, -0.2) is 22.2 Å². The molecule has 0 saturated carbocycles. The predicted octanol–water partition coefficient (Wildman–Crippen LogP) is 1.59. The standard InChI is InChI=1S/C14H14N4O2.CH4/c1-7-2-3-8-6-9(13(20)17-14(15)16)18-5-4-10(19)11(7)12(8)18;/h2-3,6H,4-5H2,1H3,(H4,15,16,17,20);1H4. The molecule has 0 radical (unpaired) electrons. The number of rotatable bonds is 1. The Kier molecular flexibility index (Phi) is 3.55. The summed E-state index contributed by atoms with van der Waals surface area (Å²) in [6.45, 7) is 2.37. The van der Waals surface area contributed by atoms with Crippen LogP contribution in [0.4, 0.5) is 0 Å². The zero-order chi connectivity index (χ0) is 14.4. The molecule has 1 aromatic carbocycles. The number of hydrogen-bond acceptors (Lipinski definition) is 2. The van der Waals surface area contributed by atoms with E-state index in [1.165, 1.54) is 0 Å². The van der Waals surface area contributed by atoms with E-state index in [1.54, 1.807) is 6.07 Å². The number of hydrogen-bond donors (Lipinski definition) is 2. The van der Waals surface area contributed by atoms with Crippen LogP contribution in [0, 0.1) is 6.92 Å². The van der Waals surface area contributed by atoms with Gasteiger partial charge in [0.25, 0.3) is 5.91 Å².